The summed E-state index contributed by atoms with van der Waals surface area (Å²) in [5, 5.41) is 9.68. The van der Waals surface area contributed by atoms with Crippen LogP contribution in [0.3, 0.4) is 0 Å². The first-order valence-corrected chi connectivity index (χ1v) is 7.15. The van der Waals surface area contributed by atoms with Gasteiger partial charge < -0.3 is 14.6 Å². The molecule has 0 aliphatic rings. The Morgan fingerprint density at radius 1 is 1.26 bits per heavy atom. The number of methoxy groups -OCH3 is 2. The fourth-order valence-electron chi connectivity index (χ4n) is 2.31. The molecular weight excluding hydrogens is 308 g/mol. The van der Waals surface area contributed by atoms with E-state index in [4.69, 9.17) is 9.47 Å². The van der Waals surface area contributed by atoms with Gasteiger partial charge in [-0.25, -0.2) is 0 Å². The highest BCUT2D eigenvalue weighted by molar-refractivity contribution is 9.10. The van der Waals surface area contributed by atoms with Gasteiger partial charge in [-0.1, -0.05) is 43.6 Å². The molecule has 0 atom stereocenters. The van der Waals surface area contributed by atoms with E-state index in [1.807, 2.05) is 19.9 Å². The molecule has 0 aliphatic carbocycles. The van der Waals surface area contributed by atoms with Crippen LogP contribution < -0.4 is 9.47 Å². The Morgan fingerprint density at radius 2 is 1.84 bits per heavy atom. The molecular formula is C15H23BrO3. The fraction of sp³-hybridized carbons (Fsp3) is 0.600. The van der Waals surface area contributed by atoms with Gasteiger partial charge in [-0.3, -0.25) is 0 Å². The molecule has 0 radical (unpaired) electrons. The van der Waals surface area contributed by atoms with Crippen molar-refractivity contribution < 1.29 is 14.6 Å². The van der Waals surface area contributed by atoms with Crippen molar-refractivity contribution in [3.63, 3.8) is 0 Å². The molecule has 1 aromatic carbocycles. The third kappa shape index (κ3) is 3.06. The molecule has 0 fully saturated rings. The first-order valence-electron chi connectivity index (χ1n) is 6.35. The highest BCUT2D eigenvalue weighted by Gasteiger charge is 2.30. The van der Waals surface area contributed by atoms with Crippen molar-refractivity contribution in [3.8, 4) is 11.5 Å². The van der Waals surface area contributed by atoms with Gasteiger partial charge >= 0.3 is 0 Å². The molecule has 108 valence electrons. The SMILES string of the molecule is COc1cc(Br)c(C(C)(C)CO)c(C(C)C)c1OC. The monoisotopic (exact) mass is 330 g/mol. The molecule has 0 heterocycles. The minimum absolute atomic E-state index is 0.0702. The molecule has 1 rings (SSSR count). The van der Waals surface area contributed by atoms with E-state index in [-0.39, 0.29) is 17.9 Å². The number of aliphatic hydroxyl groups excluding tert-OH is 1. The highest BCUT2D eigenvalue weighted by atomic mass is 79.9. The summed E-state index contributed by atoms with van der Waals surface area (Å²) >= 11 is 3.60. The van der Waals surface area contributed by atoms with Crippen LogP contribution in [0.5, 0.6) is 11.5 Å². The van der Waals surface area contributed by atoms with E-state index in [9.17, 15) is 5.11 Å². The molecule has 0 aromatic heterocycles. The summed E-state index contributed by atoms with van der Waals surface area (Å²) in [7, 11) is 3.28. The van der Waals surface area contributed by atoms with Crippen molar-refractivity contribution >= 4 is 15.9 Å². The normalized spacial score (nSPS) is 11.8. The molecule has 0 saturated carbocycles. The summed E-state index contributed by atoms with van der Waals surface area (Å²) in [6.07, 6.45) is 0. The molecule has 1 aromatic rings. The van der Waals surface area contributed by atoms with Crippen LogP contribution >= 0.6 is 15.9 Å². The van der Waals surface area contributed by atoms with Gasteiger partial charge in [0, 0.05) is 15.5 Å². The van der Waals surface area contributed by atoms with E-state index in [2.05, 4.69) is 29.8 Å². The molecule has 0 spiro atoms. The third-order valence-electron chi connectivity index (χ3n) is 3.31. The molecule has 3 nitrogen and oxygen atoms in total. The molecule has 0 bridgehead atoms. The van der Waals surface area contributed by atoms with Gasteiger partial charge in [0.05, 0.1) is 20.8 Å². The Hall–Kier alpha value is -0.740. The van der Waals surface area contributed by atoms with Gasteiger partial charge in [0.25, 0.3) is 0 Å². The average Bonchev–Trinajstić information content (AvgIpc) is 2.36. The largest absolute Gasteiger partial charge is 0.493 e. The quantitative estimate of drug-likeness (QED) is 0.890. The van der Waals surface area contributed by atoms with Gasteiger partial charge in [-0.15, -0.1) is 0 Å². The van der Waals surface area contributed by atoms with Crippen molar-refractivity contribution in [1.29, 1.82) is 0 Å². The summed E-state index contributed by atoms with van der Waals surface area (Å²) in [5.74, 6) is 1.72. The molecule has 4 heteroatoms. The number of rotatable bonds is 5. The minimum atomic E-state index is -0.349. The maximum atomic E-state index is 9.68. The Balaban J connectivity index is 3.71. The average molecular weight is 331 g/mol. The number of hydrogen-bond acceptors (Lipinski definition) is 3. The summed E-state index contributed by atoms with van der Waals surface area (Å²) < 4.78 is 11.9. The Kier molecular flexibility index (Phi) is 5.27. The second-order valence-electron chi connectivity index (χ2n) is 5.58. The van der Waals surface area contributed by atoms with Gasteiger partial charge in [0.15, 0.2) is 11.5 Å². The lowest BCUT2D eigenvalue weighted by Gasteiger charge is -2.30. The predicted molar refractivity (Wildman–Crippen MR) is 81.4 cm³/mol. The molecule has 0 unspecified atom stereocenters. The Bertz CT molecular complexity index is 453. The smallest absolute Gasteiger partial charge is 0.164 e. The number of hydrogen-bond donors (Lipinski definition) is 1. The molecule has 1 N–H and O–H groups in total. The topological polar surface area (TPSA) is 38.7 Å². The van der Waals surface area contributed by atoms with E-state index >= 15 is 0 Å². The molecule has 0 aliphatic heterocycles. The van der Waals surface area contributed by atoms with Gasteiger partial charge in [-0.2, -0.15) is 0 Å². The zero-order valence-corrected chi connectivity index (χ0v) is 14.1. The lowest BCUT2D eigenvalue weighted by atomic mass is 9.79. The number of ether oxygens (including phenoxy) is 2. The van der Waals surface area contributed by atoms with Crippen molar-refractivity contribution in [2.45, 2.75) is 39.0 Å². The summed E-state index contributed by atoms with van der Waals surface area (Å²) in [6.45, 7) is 8.33. The van der Waals surface area contributed by atoms with Crippen LogP contribution in [0, 0.1) is 0 Å². The van der Waals surface area contributed by atoms with Crippen LogP contribution in [-0.2, 0) is 5.41 Å². The number of aliphatic hydroxyl groups is 1. The van der Waals surface area contributed by atoms with Crippen LogP contribution in [0.25, 0.3) is 0 Å². The second-order valence-corrected chi connectivity index (χ2v) is 6.43. The van der Waals surface area contributed by atoms with Gasteiger partial charge in [-0.05, 0) is 17.5 Å². The van der Waals surface area contributed by atoms with Gasteiger partial charge in [0.1, 0.15) is 0 Å². The van der Waals surface area contributed by atoms with E-state index in [1.165, 1.54) is 0 Å². The van der Waals surface area contributed by atoms with Crippen LogP contribution in [0.15, 0.2) is 10.5 Å². The van der Waals surface area contributed by atoms with Crippen LogP contribution in [0.2, 0.25) is 0 Å². The van der Waals surface area contributed by atoms with Crippen LogP contribution in [-0.4, -0.2) is 25.9 Å². The van der Waals surface area contributed by atoms with E-state index in [0.29, 0.717) is 5.75 Å². The number of halogens is 1. The highest BCUT2D eigenvalue weighted by Crippen LogP contribution is 2.46. The van der Waals surface area contributed by atoms with Crippen LogP contribution in [0.4, 0.5) is 0 Å². The van der Waals surface area contributed by atoms with Gasteiger partial charge in [0.2, 0.25) is 0 Å². The van der Waals surface area contributed by atoms with Crippen molar-refractivity contribution in [2.24, 2.45) is 0 Å². The Labute approximate surface area is 124 Å². The molecule has 19 heavy (non-hydrogen) atoms. The van der Waals surface area contributed by atoms with Crippen LogP contribution in [0.1, 0.15) is 44.7 Å². The fourth-order valence-corrected chi connectivity index (χ4v) is 3.27. The standard InChI is InChI=1S/C15H23BrO3/c1-9(2)12-13(15(3,4)8-17)10(16)7-11(18-5)14(12)19-6/h7,9,17H,8H2,1-6H3. The third-order valence-corrected chi connectivity index (χ3v) is 3.93. The van der Waals surface area contributed by atoms with E-state index < -0.39 is 0 Å². The lowest BCUT2D eigenvalue weighted by molar-refractivity contribution is 0.216. The summed E-state index contributed by atoms with van der Waals surface area (Å²) in [4.78, 5) is 0. The maximum Gasteiger partial charge on any atom is 0.164 e. The lowest BCUT2D eigenvalue weighted by Crippen LogP contribution is -2.25. The van der Waals surface area contributed by atoms with E-state index in [0.717, 1.165) is 21.3 Å². The summed E-state index contributed by atoms with van der Waals surface area (Å²) in [6, 6.07) is 1.90. The first kappa shape index (κ1) is 16.3. The second kappa shape index (κ2) is 6.14. The van der Waals surface area contributed by atoms with Crippen molar-refractivity contribution in [2.75, 3.05) is 20.8 Å². The number of benzene rings is 1. The molecule has 0 saturated heterocycles. The zero-order valence-electron chi connectivity index (χ0n) is 12.5. The first-order chi connectivity index (χ1) is 8.80. The van der Waals surface area contributed by atoms with Crippen molar-refractivity contribution in [1.82, 2.24) is 0 Å². The molecule has 0 amide bonds. The maximum absolute atomic E-state index is 9.68. The van der Waals surface area contributed by atoms with E-state index in [1.54, 1.807) is 14.2 Å². The summed E-state index contributed by atoms with van der Waals surface area (Å²) in [5.41, 5.74) is 1.80. The van der Waals surface area contributed by atoms with Crippen molar-refractivity contribution in [3.05, 3.63) is 21.7 Å². The predicted octanol–water partition coefficient (Wildman–Crippen LogP) is 3.86. The Morgan fingerprint density at radius 3 is 2.21 bits per heavy atom. The zero-order chi connectivity index (χ0) is 14.8. The minimum Gasteiger partial charge on any atom is -0.493 e.